The van der Waals surface area contributed by atoms with Gasteiger partial charge in [-0.1, -0.05) is 55.8 Å². The summed E-state index contributed by atoms with van der Waals surface area (Å²) in [5.74, 6) is -0.533. The first-order valence-corrected chi connectivity index (χ1v) is 8.74. The highest BCUT2D eigenvalue weighted by molar-refractivity contribution is 6.31. The Balaban J connectivity index is 1.84. The molecule has 0 aliphatic rings. The van der Waals surface area contributed by atoms with Gasteiger partial charge in [-0.15, -0.1) is 0 Å². The standard InChI is InChI=1S/C21H22ClNO3/c1-14(2)17-10-7-16(8-11-17)9-12-21(25)26-13-20(24)23-19-6-4-5-18(22)15(19)3/h4-12,14H,13H2,1-3H3,(H,23,24)/b12-9+. The van der Waals surface area contributed by atoms with E-state index in [1.54, 1.807) is 31.2 Å². The number of amides is 1. The SMILES string of the molecule is Cc1c(Cl)cccc1NC(=O)COC(=O)/C=C/c1ccc(C(C)C)cc1. The van der Waals surface area contributed by atoms with Crippen molar-refractivity contribution in [1.29, 1.82) is 0 Å². The van der Waals surface area contributed by atoms with E-state index in [4.69, 9.17) is 16.3 Å². The normalized spacial score (nSPS) is 11.0. The van der Waals surface area contributed by atoms with E-state index >= 15 is 0 Å². The molecule has 0 aromatic heterocycles. The lowest BCUT2D eigenvalue weighted by molar-refractivity contribution is -0.142. The monoisotopic (exact) mass is 371 g/mol. The summed E-state index contributed by atoms with van der Waals surface area (Å²) in [5, 5.41) is 3.23. The number of carbonyl (C=O) groups excluding carboxylic acids is 2. The molecule has 0 spiro atoms. The summed E-state index contributed by atoms with van der Waals surface area (Å²) in [6.45, 7) is 5.69. The lowest BCUT2D eigenvalue weighted by Crippen LogP contribution is -2.20. The number of rotatable bonds is 6. The van der Waals surface area contributed by atoms with Crippen LogP contribution in [0, 0.1) is 6.92 Å². The highest BCUT2D eigenvalue weighted by atomic mass is 35.5. The molecule has 2 aromatic carbocycles. The molecule has 0 saturated carbocycles. The van der Waals surface area contributed by atoms with E-state index in [1.165, 1.54) is 11.6 Å². The maximum absolute atomic E-state index is 11.9. The molecule has 1 amide bonds. The minimum Gasteiger partial charge on any atom is -0.452 e. The van der Waals surface area contributed by atoms with Crippen LogP contribution in [0.3, 0.4) is 0 Å². The van der Waals surface area contributed by atoms with Gasteiger partial charge in [0.05, 0.1) is 0 Å². The van der Waals surface area contributed by atoms with Crippen LogP contribution in [0.5, 0.6) is 0 Å². The van der Waals surface area contributed by atoms with Crippen LogP contribution in [0.25, 0.3) is 6.08 Å². The second-order valence-corrected chi connectivity index (χ2v) is 6.63. The Hall–Kier alpha value is -2.59. The average molecular weight is 372 g/mol. The number of anilines is 1. The van der Waals surface area contributed by atoms with Crippen LogP contribution in [-0.4, -0.2) is 18.5 Å². The molecule has 4 nitrogen and oxygen atoms in total. The van der Waals surface area contributed by atoms with Crippen LogP contribution in [0.15, 0.2) is 48.5 Å². The van der Waals surface area contributed by atoms with Crippen molar-refractivity contribution in [3.05, 3.63) is 70.3 Å². The van der Waals surface area contributed by atoms with Crippen molar-refractivity contribution in [1.82, 2.24) is 0 Å². The summed E-state index contributed by atoms with van der Waals surface area (Å²) in [7, 11) is 0. The molecule has 0 saturated heterocycles. The van der Waals surface area contributed by atoms with Crippen LogP contribution in [0.4, 0.5) is 5.69 Å². The summed E-state index contributed by atoms with van der Waals surface area (Å²) >= 11 is 6.01. The highest BCUT2D eigenvalue weighted by Gasteiger charge is 2.08. The van der Waals surface area contributed by atoms with Crippen LogP contribution in [0.2, 0.25) is 5.02 Å². The Kier molecular flexibility index (Phi) is 6.98. The van der Waals surface area contributed by atoms with Gasteiger partial charge in [0.15, 0.2) is 6.61 Å². The van der Waals surface area contributed by atoms with E-state index in [-0.39, 0.29) is 6.61 Å². The third-order valence-corrected chi connectivity index (χ3v) is 4.31. The first-order chi connectivity index (χ1) is 12.4. The largest absolute Gasteiger partial charge is 0.452 e. The third-order valence-electron chi connectivity index (χ3n) is 3.90. The maximum Gasteiger partial charge on any atom is 0.331 e. The minimum atomic E-state index is -0.573. The molecule has 1 N–H and O–H groups in total. The molecule has 0 unspecified atom stereocenters. The zero-order chi connectivity index (χ0) is 19.1. The van der Waals surface area contributed by atoms with Crippen molar-refractivity contribution in [3.63, 3.8) is 0 Å². The van der Waals surface area contributed by atoms with E-state index in [2.05, 4.69) is 19.2 Å². The number of nitrogens with one attached hydrogen (secondary N) is 1. The lowest BCUT2D eigenvalue weighted by atomic mass is 10.0. The first-order valence-electron chi connectivity index (χ1n) is 8.36. The van der Waals surface area contributed by atoms with Crippen LogP contribution < -0.4 is 5.32 Å². The Labute approximate surface area is 158 Å². The zero-order valence-corrected chi connectivity index (χ0v) is 15.8. The van der Waals surface area contributed by atoms with Crippen LogP contribution in [0.1, 0.15) is 36.5 Å². The first kappa shape index (κ1) is 19.7. The van der Waals surface area contributed by atoms with Gasteiger partial charge in [0.2, 0.25) is 0 Å². The summed E-state index contributed by atoms with van der Waals surface area (Å²) in [6.07, 6.45) is 2.97. The van der Waals surface area contributed by atoms with Crippen molar-refractivity contribution in [2.45, 2.75) is 26.7 Å². The fraction of sp³-hybridized carbons (Fsp3) is 0.238. The molecule has 0 bridgehead atoms. The maximum atomic E-state index is 11.9. The van der Waals surface area contributed by atoms with E-state index < -0.39 is 11.9 Å². The number of hydrogen-bond acceptors (Lipinski definition) is 3. The van der Waals surface area contributed by atoms with Crippen LogP contribution in [-0.2, 0) is 14.3 Å². The van der Waals surface area contributed by atoms with Gasteiger partial charge in [-0.2, -0.15) is 0 Å². The molecule has 2 rings (SSSR count). The fourth-order valence-electron chi connectivity index (χ4n) is 2.27. The molecular weight excluding hydrogens is 350 g/mol. The van der Waals surface area contributed by atoms with Gasteiger partial charge in [-0.3, -0.25) is 4.79 Å². The Morgan fingerprint density at radius 1 is 1.15 bits per heavy atom. The molecule has 0 radical (unpaired) electrons. The van der Waals surface area contributed by atoms with Crippen molar-refractivity contribution < 1.29 is 14.3 Å². The molecular formula is C21H22ClNO3. The van der Waals surface area contributed by atoms with Gasteiger partial charge < -0.3 is 10.1 Å². The number of halogens is 1. The molecule has 0 heterocycles. The Bertz CT molecular complexity index is 811. The van der Waals surface area contributed by atoms with Gasteiger partial charge >= 0.3 is 5.97 Å². The van der Waals surface area contributed by atoms with E-state index in [0.29, 0.717) is 16.6 Å². The number of ether oxygens (including phenoxy) is 1. The average Bonchev–Trinajstić information content (AvgIpc) is 2.62. The molecule has 0 fully saturated rings. The van der Waals surface area contributed by atoms with Crippen molar-refractivity contribution >= 4 is 35.2 Å². The van der Waals surface area contributed by atoms with Gasteiger partial charge in [-0.05, 0) is 47.7 Å². The Morgan fingerprint density at radius 3 is 2.50 bits per heavy atom. The summed E-state index contributed by atoms with van der Waals surface area (Å²) < 4.78 is 4.96. The second-order valence-electron chi connectivity index (χ2n) is 6.22. The third kappa shape index (κ3) is 5.74. The zero-order valence-electron chi connectivity index (χ0n) is 15.1. The van der Waals surface area contributed by atoms with E-state index in [0.717, 1.165) is 11.1 Å². The van der Waals surface area contributed by atoms with Crippen molar-refractivity contribution in [2.75, 3.05) is 11.9 Å². The van der Waals surface area contributed by atoms with Gasteiger partial charge in [0.1, 0.15) is 0 Å². The summed E-state index contributed by atoms with van der Waals surface area (Å²) in [5.41, 5.74) is 3.49. The van der Waals surface area contributed by atoms with Gasteiger partial charge in [-0.25, -0.2) is 4.79 Å². The van der Waals surface area contributed by atoms with Crippen LogP contribution >= 0.6 is 11.6 Å². The molecule has 5 heteroatoms. The minimum absolute atomic E-state index is 0.360. The lowest BCUT2D eigenvalue weighted by Gasteiger charge is -2.09. The Morgan fingerprint density at radius 2 is 1.85 bits per heavy atom. The molecule has 136 valence electrons. The van der Waals surface area contributed by atoms with E-state index in [1.807, 2.05) is 24.3 Å². The summed E-state index contributed by atoms with van der Waals surface area (Å²) in [4.78, 5) is 23.7. The number of carbonyl (C=O) groups is 2. The van der Waals surface area contributed by atoms with Gasteiger partial charge in [0.25, 0.3) is 5.91 Å². The second kappa shape index (κ2) is 9.20. The van der Waals surface area contributed by atoms with Gasteiger partial charge in [0, 0.05) is 16.8 Å². The smallest absolute Gasteiger partial charge is 0.331 e. The highest BCUT2D eigenvalue weighted by Crippen LogP contribution is 2.22. The molecule has 0 atom stereocenters. The number of hydrogen-bond donors (Lipinski definition) is 1. The predicted molar refractivity (Wildman–Crippen MR) is 105 cm³/mol. The quantitative estimate of drug-likeness (QED) is 0.576. The number of esters is 1. The topological polar surface area (TPSA) is 55.4 Å². The molecule has 2 aromatic rings. The predicted octanol–water partition coefficient (Wildman–Crippen LogP) is 4.97. The number of benzene rings is 2. The summed E-state index contributed by atoms with van der Waals surface area (Å²) in [6, 6.07) is 13.1. The molecule has 26 heavy (non-hydrogen) atoms. The molecule has 0 aliphatic heterocycles. The van der Waals surface area contributed by atoms with Crippen molar-refractivity contribution in [2.24, 2.45) is 0 Å². The van der Waals surface area contributed by atoms with E-state index in [9.17, 15) is 9.59 Å². The van der Waals surface area contributed by atoms with Crippen molar-refractivity contribution in [3.8, 4) is 0 Å². The molecule has 0 aliphatic carbocycles. The fourth-order valence-corrected chi connectivity index (χ4v) is 2.44.